The van der Waals surface area contributed by atoms with Crippen LogP contribution in [0.3, 0.4) is 0 Å². The lowest BCUT2D eigenvalue weighted by molar-refractivity contribution is -0.143. The van der Waals surface area contributed by atoms with Crippen molar-refractivity contribution in [2.45, 2.75) is 32.3 Å². The lowest BCUT2D eigenvalue weighted by atomic mass is 9.96. The Kier molecular flexibility index (Phi) is 4.29. The van der Waals surface area contributed by atoms with E-state index in [1.54, 1.807) is 9.80 Å². The number of carboxylic acid groups (broad SMARTS) is 1. The average Bonchev–Trinajstić information content (AvgIpc) is 2.41. The van der Waals surface area contributed by atoms with Gasteiger partial charge in [0.2, 0.25) is 0 Å². The summed E-state index contributed by atoms with van der Waals surface area (Å²) in [5, 5.41) is 18.9. The standard InChI is InChI=1S/C13H22N2O4/c1-9-4-6-15(8-11(9)16)13(19)14-5-2-3-10(7-14)12(17)18/h9-11,16H,2-8H2,1H3,(H,17,18)/t9?,10-,11?/m1/s1. The summed E-state index contributed by atoms with van der Waals surface area (Å²) < 4.78 is 0. The molecule has 2 heterocycles. The highest BCUT2D eigenvalue weighted by molar-refractivity contribution is 5.76. The summed E-state index contributed by atoms with van der Waals surface area (Å²) in [4.78, 5) is 26.6. The third-order valence-corrected chi connectivity index (χ3v) is 4.23. The van der Waals surface area contributed by atoms with Gasteiger partial charge in [-0.05, 0) is 25.2 Å². The monoisotopic (exact) mass is 270 g/mol. The van der Waals surface area contributed by atoms with E-state index >= 15 is 0 Å². The fourth-order valence-electron chi connectivity index (χ4n) is 2.78. The third-order valence-electron chi connectivity index (χ3n) is 4.23. The zero-order valence-electron chi connectivity index (χ0n) is 11.3. The SMILES string of the molecule is CC1CCN(C(=O)N2CCC[C@@H](C(=O)O)C2)CC1O. The quantitative estimate of drug-likeness (QED) is 0.731. The average molecular weight is 270 g/mol. The van der Waals surface area contributed by atoms with E-state index in [4.69, 9.17) is 5.11 Å². The van der Waals surface area contributed by atoms with Crippen LogP contribution in [0.5, 0.6) is 0 Å². The summed E-state index contributed by atoms with van der Waals surface area (Å²) >= 11 is 0. The van der Waals surface area contributed by atoms with Crippen LogP contribution in [0, 0.1) is 11.8 Å². The highest BCUT2D eigenvalue weighted by Crippen LogP contribution is 2.21. The van der Waals surface area contributed by atoms with E-state index in [2.05, 4.69) is 0 Å². The Hall–Kier alpha value is -1.30. The first-order valence-corrected chi connectivity index (χ1v) is 6.93. The molecule has 108 valence electrons. The zero-order valence-corrected chi connectivity index (χ0v) is 11.3. The molecule has 2 aliphatic rings. The van der Waals surface area contributed by atoms with Crippen LogP contribution in [0.4, 0.5) is 4.79 Å². The summed E-state index contributed by atoms with van der Waals surface area (Å²) in [7, 11) is 0. The normalized spacial score (nSPS) is 32.2. The van der Waals surface area contributed by atoms with Crippen LogP contribution in [0.1, 0.15) is 26.2 Å². The highest BCUT2D eigenvalue weighted by Gasteiger charge is 2.33. The molecule has 0 aromatic heterocycles. The second kappa shape index (κ2) is 5.77. The number of likely N-dealkylation sites (tertiary alicyclic amines) is 2. The van der Waals surface area contributed by atoms with Gasteiger partial charge in [-0.3, -0.25) is 4.79 Å². The predicted octanol–water partition coefficient (Wildman–Crippen LogP) is 0.606. The summed E-state index contributed by atoms with van der Waals surface area (Å²) in [5.41, 5.74) is 0. The number of urea groups is 1. The number of carbonyl (C=O) groups excluding carboxylic acids is 1. The van der Waals surface area contributed by atoms with Gasteiger partial charge in [-0.25, -0.2) is 4.79 Å². The van der Waals surface area contributed by atoms with Gasteiger partial charge >= 0.3 is 12.0 Å². The summed E-state index contributed by atoms with van der Waals surface area (Å²) in [6.45, 7) is 3.88. The van der Waals surface area contributed by atoms with Crippen LogP contribution in [0.25, 0.3) is 0 Å². The smallest absolute Gasteiger partial charge is 0.320 e. The van der Waals surface area contributed by atoms with E-state index in [0.717, 1.165) is 12.8 Å². The fourth-order valence-corrected chi connectivity index (χ4v) is 2.78. The maximum absolute atomic E-state index is 12.3. The zero-order chi connectivity index (χ0) is 14.0. The van der Waals surface area contributed by atoms with Crippen molar-refractivity contribution in [2.24, 2.45) is 11.8 Å². The van der Waals surface area contributed by atoms with E-state index in [9.17, 15) is 14.7 Å². The number of amides is 2. The van der Waals surface area contributed by atoms with Crippen molar-refractivity contribution in [2.75, 3.05) is 26.2 Å². The lowest BCUT2D eigenvalue weighted by Crippen LogP contribution is -2.53. The van der Waals surface area contributed by atoms with Gasteiger partial charge < -0.3 is 20.0 Å². The molecule has 6 nitrogen and oxygen atoms in total. The first-order chi connectivity index (χ1) is 8.99. The second-order valence-corrected chi connectivity index (χ2v) is 5.69. The van der Waals surface area contributed by atoms with Crippen molar-refractivity contribution in [3.8, 4) is 0 Å². The van der Waals surface area contributed by atoms with Gasteiger partial charge in [0, 0.05) is 26.2 Å². The van der Waals surface area contributed by atoms with E-state index in [1.807, 2.05) is 6.92 Å². The molecule has 2 fully saturated rings. The molecule has 0 spiro atoms. The van der Waals surface area contributed by atoms with Gasteiger partial charge in [0.1, 0.15) is 0 Å². The van der Waals surface area contributed by atoms with Crippen molar-refractivity contribution >= 4 is 12.0 Å². The number of carbonyl (C=O) groups is 2. The molecule has 0 bridgehead atoms. The number of aliphatic carboxylic acids is 1. The number of aliphatic hydroxyl groups excluding tert-OH is 1. The number of hydrogen-bond acceptors (Lipinski definition) is 3. The predicted molar refractivity (Wildman–Crippen MR) is 68.7 cm³/mol. The number of carboxylic acids is 1. The molecule has 0 radical (unpaired) electrons. The Bertz CT molecular complexity index is 361. The Balaban J connectivity index is 1.94. The second-order valence-electron chi connectivity index (χ2n) is 5.69. The van der Waals surface area contributed by atoms with Gasteiger partial charge in [-0.1, -0.05) is 6.92 Å². The van der Waals surface area contributed by atoms with Crippen molar-refractivity contribution < 1.29 is 19.8 Å². The van der Waals surface area contributed by atoms with Crippen LogP contribution in [0.15, 0.2) is 0 Å². The van der Waals surface area contributed by atoms with E-state index in [0.29, 0.717) is 26.1 Å². The summed E-state index contributed by atoms with van der Waals surface area (Å²) in [6, 6.07) is -0.128. The minimum atomic E-state index is -0.829. The largest absolute Gasteiger partial charge is 0.481 e. The van der Waals surface area contributed by atoms with Crippen LogP contribution in [-0.2, 0) is 4.79 Å². The molecule has 3 atom stereocenters. The molecule has 2 aliphatic heterocycles. The summed E-state index contributed by atoms with van der Waals surface area (Å²) in [5.74, 6) is -1.06. The van der Waals surface area contributed by atoms with Crippen molar-refractivity contribution in [3.63, 3.8) is 0 Å². The molecule has 0 aliphatic carbocycles. The fraction of sp³-hybridized carbons (Fsp3) is 0.846. The Morgan fingerprint density at radius 2 is 1.79 bits per heavy atom. The van der Waals surface area contributed by atoms with Crippen molar-refractivity contribution in [1.29, 1.82) is 0 Å². The molecule has 0 aromatic carbocycles. The van der Waals surface area contributed by atoms with Crippen LogP contribution < -0.4 is 0 Å². The number of nitrogens with zero attached hydrogens (tertiary/aromatic N) is 2. The third kappa shape index (κ3) is 3.18. The number of hydrogen-bond donors (Lipinski definition) is 2. The molecule has 2 N–H and O–H groups in total. The van der Waals surface area contributed by atoms with Gasteiger partial charge in [0.15, 0.2) is 0 Å². The van der Waals surface area contributed by atoms with Gasteiger partial charge in [-0.2, -0.15) is 0 Å². The van der Waals surface area contributed by atoms with Gasteiger partial charge in [0.25, 0.3) is 0 Å². The molecule has 2 amide bonds. The maximum Gasteiger partial charge on any atom is 0.320 e. The summed E-state index contributed by atoms with van der Waals surface area (Å²) in [6.07, 6.45) is 1.69. The van der Waals surface area contributed by atoms with Crippen LogP contribution >= 0.6 is 0 Å². The molecular weight excluding hydrogens is 248 g/mol. The first-order valence-electron chi connectivity index (χ1n) is 6.93. The number of aliphatic hydroxyl groups is 1. The Morgan fingerprint density at radius 1 is 1.11 bits per heavy atom. The van der Waals surface area contributed by atoms with Crippen molar-refractivity contribution in [3.05, 3.63) is 0 Å². The first kappa shape index (κ1) is 14.1. The van der Waals surface area contributed by atoms with E-state index in [-0.39, 0.29) is 18.5 Å². The molecule has 2 saturated heterocycles. The number of piperidine rings is 2. The Labute approximate surface area is 113 Å². The molecular formula is C13H22N2O4. The van der Waals surface area contributed by atoms with E-state index in [1.165, 1.54) is 0 Å². The van der Waals surface area contributed by atoms with E-state index < -0.39 is 18.0 Å². The topological polar surface area (TPSA) is 81.1 Å². The van der Waals surface area contributed by atoms with Gasteiger partial charge in [0.05, 0.1) is 12.0 Å². The highest BCUT2D eigenvalue weighted by atomic mass is 16.4. The maximum atomic E-state index is 12.3. The molecule has 6 heteroatoms. The molecule has 0 aromatic rings. The number of rotatable bonds is 1. The van der Waals surface area contributed by atoms with Crippen molar-refractivity contribution in [1.82, 2.24) is 9.80 Å². The molecule has 2 rings (SSSR count). The number of β-amino-alcohol motifs (C(OH)–C–C–N with tert-alkyl or cyclic N) is 1. The van der Waals surface area contributed by atoms with Crippen LogP contribution in [-0.4, -0.2) is 64.3 Å². The Morgan fingerprint density at radius 3 is 2.42 bits per heavy atom. The molecule has 19 heavy (non-hydrogen) atoms. The van der Waals surface area contributed by atoms with Crippen LogP contribution in [0.2, 0.25) is 0 Å². The molecule has 2 unspecified atom stereocenters. The minimum absolute atomic E-state index is 0.128. The molecule has 0 saturated carbocycles. The van der Waals surface area contributed by atoms with Gasteiger partial charge in [-0.15, -0.1) is 0 Å². The lowest BCUT2D eigenvalue weighted by Gasteiger charge is -2.39. The minimum Gasteiger partial charge on any atom is -0.481 e.